The fourth-order valence-electron chi connectivity index (χ4n) is 4.30. The molecule has 0 radical (unpaired) electrons. The van der Waals surface area contributed by atoms with Crippen LogP contribution < -0.4 is 0 Å². The number of likely N-dealkylation sites (tertiary alicyclic amines) is 1. The predicted octanol–water partition coefficient (Wildman–Crippen LogP) is 5.54. The van der Waals surface area contributed by atoms with Crippen LogP contribution in [0.15, 0.2) is 66.9 Å². The Balaban J connectivity index is 1.42. The molecule has 156 valence electrons. The van der Waals surface area contributed by atoms with Gasteiger partial charge in [-0.2, -0.15) is 0 Å². The van der Waals surface area contributed by atoms with E-state index in [2.05, 4.69) is 21.7 Å². The number of benzene rings is 2. The van der Waals surface area contributed by atoms with Crippen molar-refractivity contribution in [1.29, 1.82) is 0 Å². The van der Waals surface area contributed by atoms with Crippen LogP contribution in [-0.4, -0.2) is 38.4 Å². The molecule has 2 aromatic carbocycles. The molecule has 0 aliphatic carbocycles. The molecule has 0 atom stereocenters. The number of carbonyl (C=O) groups excluding carboxylic acids is 1. The smallest absolute Gasteiger partial charge is 0.253 e. The van der Waals surface area contributed by atoms with Crippen LogP contribution in [0.4, 0.5) is 0 Å². The Kier molecular flexibility index (Phi) is 5.20. The molecule has 0 unspecified atom stereocenters. The summed E-state index contributed by atoms with van der Waals surface area (Å²) in [7, 11) is 0. The maximum absolute atomic E-state index is 13.0. The van der Waals surface area contributed by atoms with Crippen molar-refractivity contribution >= 4 is 28.7 Å². The average Bonchev–Trinajstić information content (AvgIpc) is 3.21. The van der Waals surface area contributed by atoms with Gasteiger partial charge in [-0.25, -0.2) is 9.97 Å². The van der Waals surface area contributed by atoms with E-state index in [0.717, 1.165) is 41.0 Å². The minimum atomic E-state index is 0.0391. The molecule has 1 amide bonds. The number of nitrogens with zero attached hydrogens (tertiary/aromatic N) is 4. The predicted molar refractivity (Wildman–Crippen MR) is 123 cm³/mol. The highest BCUT2D eigenvalue weighted by Gasteiger charge is 2.28. The second kappa shape index (κ2) is 8.16. The van der Waals surface area contributed by atoms with E-state index >= 15 is 0 Å². The van der Waals surface area contributed by atoms with Crippen LogP contribution in [0.3, 0.4) is 0 Å². The molecule has 1 saturated heterocycles. The number of piperidine rings is 1. The minimum absolute atomic E-state index is 0.0391. The molecule has 1 aliphatic rings. The summed E-state index contributed by atoms with van der Waals surface area (Å²) in [6.45, 7) is 3.32. The van der Waals surface area contributed by atoms with Gasteiger partial charge >= 0.3 is 0 Å². The molecule has 0 spiro atoms. The largest absolute Gasteiger partial charge is 0.338 e. The Morgan fingerprint density at radius 3 is 2.55 bits per heavy atom. The van der Waals surface area contributed by atoms with Crippen LogP contribution in [0.1, 0.15) is 34.8 Å². The average molecular weight is 431 g/mol. The molecular formula is C25H23ClN4O. The fourth-order valence-corrected chi connectivity index (χ4v) is 4.48. The number of fused-ring (bicyclic) bond motifs is 1. The topological polar surface area (TPSA) is 51.0 Å². The summed E-state index contributed by atoms with van der Waals surface area (Å²) >= 11 is 6.23. The number of hydrogen-bond acceptors (Lipinski definition) is 3. The zero-order valence-electron chi connectivity index (χ0n) is 17.3. The first-order chi connectivity index (χ1) is 15.1. The van der Waals surface area contributed by atoms with Gasteiger partial charge in [0.2, 0.25) is 0 Å². The number of rotatable bonds is 3. The summed E-state index contributed by atoms with van der Waals surface area (Å²) in [5, 5.41) is 0.629. The molecule has 5 rings (SSSR count). The Labute approximate surface area is 186 Å². The van der Waals surface area contributed by atoms with Crippen LogP contribution in [-0.2, 0) is 0 Å². The van der Waals surface area contributed by atoms with Crippen molar-refractivity contribution in [2.75, 3.05) is 13.1 Å². The molecule has 3 heterocycles. The van der Waals surface area contributed by atoms with Crippen LogP contribution in [0, 0.1) is 6.92 Å². The summed E-state index contributed by atoms with van der Waals surface area (Å²) in [5.74, 6) is 0.974. The van der Waals surface area contributed by atoms with Crippen molar-refractivity contribution < 1.29 is 4.79 Å². The number of aryl methyl sites for hydroxylation is 1. The fraction of sp³-hybridized carbons (Fsp3) is 0.240. The summed E-state index contributed by atoms with van der Waals surface area (Å²) in [6, 6.07) is 19.9. The van der Waals surface area contributed by atoms with Gasteiger partial charge in [-0.05, 0) is 49.6 Å². The lowest BCUT2D eigenvalue weighted by Gasteiger charge is -2.33. The van der Waals surface area contributed by atoms with Crippen molar-refractivity contribution in [2.24, 2.45) is 0 Å². The minimum Gasteiger partial charge on any atom is -0.338 e. The molecule has 0 bridgehead atoms. The zero-order chi connectivity index (χ0) is 21.4. The van der Waals surface area contributed by atoms with Gasteiger partial charge in [0, 0.05) is 41.5 Å². The number of imidazole rings is 1. The maximum Gasteiger partial charge on any atom is 0.253 e. The summed E-state index contributed by atoms with van der Waals surface area (Å²) < 4.78 is 2.26. The first-order valence-electron chi connectivity index (χ1n) is 10.6. The molecule has 6 heteroatoms. The lowest BCUT2D eigenvalue weighted by Crippen LogP contribution is -2.39. The number of hydrogen-bond donors (Lipinski definition) is 0. The lowest BCUT2D eigenvalue weighted by atomic mass is 10.0. The SMILES string of the molecule is Cc1ccc(C(=O)N2CCC(n3c(-c4ccccc4)nc4cccnc43)CC2)cc1Cl. The van der Waals surface area contributed by atoms with E-state index < -0.39 is 0 Å². The van der Waals surface area contributed by atoms with E-state index in [0.29, 0.717) is 23.7 Å². The van der Waals surface area contributed by atoms with Gasteiger partial charge in [0.25, 0.3) is 5.91 Å². The van der Waals surface area contributed by atoms with E-state index in [4.69, 9.17) is 16.6 Å². The van der Waals surface area contributed by atoms with E-state index in [1.807, 2.05) is 60.5 Å². The Morgan fingerprint density at radius 2 is 1.81 bits per heavy atom. The monoisotopic (exact) mass is 430 g/mol. The highest BCUT2D eigenvalue weighted by Crippen LogP contribution is 2.33. The van der Waals surface area contributed by atoms with Crippen molar-refractivity contribution in [3.8, 4) is 11.4 Å². The normalized spacial score (nSPS) is 14.8. The van der Waals surface area contributed by atoms with Crippen LogP contribution in [0.25, 0.3) is 22.6 Å². The first kappa shape index (κ1) is 19.8. The maximum atomic E-state index is 13.0. The van der Waals surface area contributed by atoms with E-state index in [1.54, 1.807) is 6.07 Å². The van der Waals surface area contributed by atoms with Crippen molar-refractivity contribution in [3.63, 3.8) is 0 Å². The molecular weight excluding hydrogens is 408 g/mol. The molecule has 4 aromatic rings. The van der Waals surface area contributed by atoms with Gasteiger partial charge in [0.15, 0.2) is 5.65 Å². The van der Waals surface area contributed by atoms with Gasteiger partial charge in [-0.3, -0.25) is 4.79 Å². The van der Waals surface area contributed by atoms with Crippen molar-refractivity contribution in [1.82, 2.24) is 19.4 Å². The first-order valence-corrected chi connectivity index (χ1v) is 10.9. The summed E-state index contributed by atoms with van der Waals surface area (Å²) in [5.41, 5.74) is 4.50. The Morgan fingerprint density at radius 1 is 1.03 bits per heavy atom. The van der Waals surface area contributed by atoms with Gasteiger partial charge in [-0.1, -0.05) is 48.0 Å². The third kappa shape index (κ3) is 3.70. The standard InChI is InChI=1S/C25H23ClN4O/c1-17-9-10-19(16-21(17)26)25(31)29-14-11-20(12-15-29)30-23(18-6-3-2-4-7-18)28-22-8-5-13-27-24(22)30/h2-10,13,16,20H,11-12,14-15H2,1H3. The molecule has 1 fully saturated rings. The van der Waals surface area contributed by atoms with Crippen molar-refractivity contribution in [2.45, 2.75) is 25.8 Å². The second-order valence-corrected chi connectivity index (χ2v) is 8.41. The van der Waals surface area contributed by atoms with Gasteiger partial charge in [0.1, 0.15) is 11.3 Å². The van der Waals surface area contributed by atoms with E-state index in [1.165, 1.54) is 0 Å². The Hall–Kier alpha value is -3.18. The highest BCUT2D eigenvalue weighted by molar-refractivity contribution is 6.31. The van der Waals surface area contributed by atoms with E-state index in [9.17, 15) is 4.79 Å². The van der Waals surface area contributed by atoms with Gasteiger partial charge < -0.3 is 9.47 Å². The number of halogens is 1. The van der Waals surface area contributed by atoms with Crippen LogP contribution in [0.5, 0.6) is 0 Å². The molecule has 2 aromatic heterocycles. The van der Waals surface area contributed by atoms with Crippen LogP contribution in [0.2, 0.25) is 5.02 Å². The van der Waals surface area contributed by atoms with E-state index in [-0.39, 0.29) is 11.9 Å². The Bertz CT molecular complexity index is 1240. The molecule has 31 heavy (non-hydrogen) atoms. The second-order valence-electron chi connectivity index (χ2n) is 8.00. The van der Waals surface area contributed by atoms with Crippen LogP contribution >= 0.6 is 11.6 Å². The zero-order valence-corrected chi connectivity index (χ0v) is 18.1. The molecule has 0 saturated carbocycles. The highest BCUT2D eigenvalue weighted by atomic mass is 35.5. The van der Waals surface area contributed by atoms with Gasteiger partial charge in [-0.15, -0.1) is 0 Å². The number of aromatic nitrogens is 3. The number of pyridine rings is 1. The third-order valence-corrected chi connectivity index (χ3v) is 6.42. The molecule has 1 aliphatic heterocycles. The lowest BCUT2D eigenvalue weighted by molar-refractivity contribution is 0.0696. The summed E-state index contributed by atoms with van der Waals surface area (Å²) in [6.07, 6.45) is 3.52. The quantitative estimate of drug-likeness (QED) is 0.429. The number of amides is 1. The third-order valence-electron chi connectivity index (χ3n) is 6.02. The number of carbonyl (C=O) groups is 1. The molecule has 0 N–H and O–H groups in total. The van der Waals surface area contributed by atoms with Gasteiger partial charge in [0.05, 0.1) is 0 Å². The summed E-state index contributed by atoms with van der Waals surface area (Å²) in [4.78, 5) is 24.4. The molecule has 5 nitrogen and oxygen atoms in total. The van der Waals surface area contributed by atoms with Crippen molar-refractivity contribution in [3.05, 3.63) is 83.0 Å².